The molecule has 0 spiro atoms. The van der Waals surface area contributed by atoms with Crippen LogP contribution in [0.3, 0.4) is 0 Å². The molecule has 0 saturated carbocycles. The van der Waals surface area contributed by atoms with Gasteiger partial charge < -0.3 is 18.9 Å². The predicted octanol–water partition coefficient (Wildman–Crippen LogP) is 2.88. The molecular formula is C14H20O4. The van der Waals surface area contributed by atoms with Crippen LogP contribution in [0.5, 0.6) is 5.75 Å². The van der Waals surface area contributed by atoms with E-state index in [1.165, 1.54) is 0 Å². The summed E-state index contributed by atoms with van der Waals surface area (Å²) in [6.07, 6.45) is 2.82. The lowest BCUT2D eigenvalue weighted by atomic mass is 10.2. The zero-order valence-electron chi connectivity index (χ0n) is 10.9. The van der Waals surface area contributed by atoms with Crippen LogP contribution in [0.1, 0.15) is 31.1 Å². The standard InChI is InChI=1S/C14H20O4/c1-15-14(16-2)11-6-8-12(9-7-11)18-13-5-3-4-10-17-13/h6-9,13-14H,3-5,10H2,1-2H3. The molecule has 2 rings (SSSR count). The first-order chi connectivity index (χ1) is 8.83. The molecule has 0 radical (unpaired) electrons. The van der Waals surface area contributed by atoms with E-state index in [0.717, 1.165) is 37.2 Å². The number of ether oxygens (including phenoxy) is 4. The van der Waals surface area contributed by atoms with Crippen molar-refractivity contribution in [2.24, 2.45) is 0 Å². The summed E-state index contributed by atoms with van der Waals surface area (Å²) in [6, 6.07) is 7.71. The molecule has 0 bridgehead atoms. The van der Waals surface area contributed by atoms with E-state index < -0.39 is 0 Å². The van der Waals surface area contributed by atoms with Crippen LogP contribution < -0.4 is 4.74 Å². The number of rotatable bonds is 5. The summed E-state index contributed by atoms with van der Waals surface area (Å²) in [5, 5.41) is 0. The second-order valence-electron chi connectivity index (χ2n) is 4.29. The normalized spacial score (nSPS) is 20.1. The largest absolute Gasteiger partial charge is 0.465 e. The van der Waals surface area contributed by atoms with Crippen molar-refractivity contribution in [2.45, 2.75) is 31.8 Å². The van der Waals surface area contributed by atoms with E-state index in [-0.39, 0.29) is 12.6 Å². The minimum absolute atomic E-state index is 0.106. The maximum atomic E-state index is 5.75. The molecule has 1 fully saturated rings. The Bertz CT molecular complexity index is 339. The lowest BCUT2D eigenvalue weighted by Gasteiger charge is -2.23. The minimum Gasteiger partial charge on any atom is -0.465 e. The zero-order chi connectivity index (χ0) is 12.8. The number of benzene rings is 1. The van der Waals surface area contributed by atoms with Crippen molar-refractivity contribution in [1.29, 1.82) is 0 Å². The maximum Gasteiger partial charge on any atom is 0.199 e. The van der Waals surface area contributed by atoms with Crippen LogP contribution in [0.25, 0.3) is 0 Å². The molecule has 1 heterocycles. The van der Waals surface area contributed by atoms with Gasteiger partial charge in [0.2, 0.25) is 0 Å². The summed E-state index contributed by atoms with van der Waals surface area (Å²) in [6.45, 7) is 0.790. The molecule has 100 valence electrons. The van der Waals surface area contributed by atoms with E-state index in [0.29, 0.717) is 0 Å². The molecule has 1 saturated heterocycles. The van der Waals surface area contributed by atoms with Crippen molar-refractivity contribution in [2.75, 3.05) is 20.8 Å². The van der Waals surface area contributed by atoms with Gasteiger partial charge in [-0.2, -0.15) is 0 Å². The second-order valence-corrected chi connectivity index (χ2v) is 4.29. The maximum absolute atomic E-state index is 5.75. The van der Waals surface area contributed by atoms with Crippen molar-refractivity contribution in [3.8, 4) is 5.75 Å². The van der Waals surface area contributed by atoms with Crippen LogP contribution in [0.4, 0.5) is 0 Å². The Morgan fingerprint density at radius 2 is 1.83 bits per heavy atom. The van der Waals surface area contributed by atoms with Crippen molar-refractivity contribution >= 4 is 0 Å². The van der Waals surface area contributed by atoms with E-state index in [1.54, 1.807) is 14.2 Å². The van der Waals surface area contributed by atoms with E-state index in [2.05, 4.69) is 0 Å². The predicted molar refractivity (Wildman–Crippen MR) is 67.4 cm³/mol. The van der Waals surface area contributed by atoms with Gasteiger partial charge in [0.25, 0.3) is 0 Å². The highest BCUT2D eigenvalue weighted by atomic mass is 16.7. The second kappa shape index (κ2) is 6.73. The third-order valence-electron chi connectivity index (χ3n) is 2.99. The van der Waals surface area contributed by atoms with Gasteiger partial charge in [-0.05, 0) is 25.0 Å². The molecule has 4 nitrogen and oxygen atoms in total. The average Bonchev–Trinajstić information content (AvgIpc) is 2.43. The van der Waals surface area contributed by atoms with Crippen LogP contribution in [-0.2, 0) is 14.2 Å². The number of hydrogen-bond donors (Lipinski definition) is 0. The fourth-order valence-electron chi connectivity index (χ4n) is 2.03. The van der Waals surface area contributed by atoms with Crippen LogP contribution in [-0.4, -0.2) is 27.1 Å². The summed E-state index contributed by atoms with van der Waals surface area (Å²) in [5.74, 6) is 0.816. The third kappa shape index (κ3) is 3.45. The molecule has 18 heavy (non-hydrogen) atoms. The Labute approximate surface area is 108 Å². The zero-order valence-corrected chi connectivity index (χ0v) is 10.9. The molecule has 0 aliphatic carbocycles. The number of hydrogen-bond acceptors (Lipinski definition) is 4. The van der Waals surface area contributed by atoms with Crippen LogP contribution in [0, 0.1) is 0 Å². The summed E-state index contributed by atoms with van der Waals surface area (Å²) >= 11 is 0. The minimum atomic E-state index is -0.329. The van der Waals surface area contributed by atoms with Crippen molar-refractivity contribution in [3.63, 3.8) is 0 Å². The quantitative estimate of drug-likeness (QED) is 0.755. The number of methoxy groups -OCH3 is 2. The molecule has 1 aliphatic rings. The smallest absolute Gasteiger partial charge is 0.199 e. The van der Waals surface area contributed by atoms with E-state index >= 15 is 0 Å². The Balaban J connectivity index is 1.94. The molecule has 0 aromatic heterocycles. The van der Waals surface area contributed by atoms with Gasteiger partial charge in [0, 0.05) is 26.2 Å². The van der Waals surface area contributed by atoms with Gasteiger partial charge in [-0.3, -0.25) is 0 Å². The Morgan fingerprint density at radius 1 is 1.11 bits per heavy atom. The van der Waals surface area contributed by atoms with Crippen molar-refractivity contribution in [3.05, 3.63) is 29.8 Å². The lowest BCUT2D eigenvalue weighted by Crippen LogP contribution is -2.24. The Morgan fingerprint density at radius 3 is 2.39 bits per heavy atom. The van der Waals surface area contributed by atoms with Gasteiger partial charge in [-0.25, -0.2) is 0 Å². The molecule has 0 amide bonds. The van der Waals surface area contributed by atoms with Gasteiger partial charge in [-0.15, -0.1) is 0 Å². The molecule has 1 aliphatic heterocycles. The summed E-state index contributed by atoms with van der Waals surface area (Å²) < 4.78 is 21.7. The van der Waals surface area contributed by atoms with Gasteiger partial charge in [0.1, 0.15) is 5.75 Å². The van der Waals surface area contributed by atoms with E-state index in [4.69, 9.17) is 18.9 Å². The molecule has 0 N–H and O–H groups in total. The molecule has 4 heteroatoms. The van der Waals surface area contributed by atoms with Crippen LogP contribution in [0.2, 0.25) is 0 Å². The Kier molecular flexibility index (Phi) is 4.99. The first-order valence-corrected chi connectivity index (χ1v) is 6.27. The average molecular weight is 252 g/mol. The van der Waals surface area contributed by atoms with Gasteiger partial charge in [-0.1, -0.05) is 12.1 Å². The van der Waals surface area contributed by atoms with E-state index in [1.807, 2.05) is 24.3 Å². The van der Waals surface area contributed by atoms with Crippen molar-refractivity contribution < 1.29 is 18.9 Å². The first-order valence-electron chi connectivity index (χ1n) is 6.27. The first kappa shape index (κ1) is 13.3. The molecule has 1 aromatic rings. The highest BCUT2D eigenvalue weighted by Crippen LogP contribution is 2.23. The highest BCUT2D eigenvalue weighted by molar-refractivity contribution is 5.28. The Hall–Kier alpha value is -1.10. The topological polar surface area (TPSA) is 36.9 Å². The fraction of sp³-hybridized carbons (Fsp3) is 0.571. The molecule has 1 atom stereocenters. The summed E-state index contributed by atoms with van der Waals surface area (Å²) in [4.78, 5) is 0. The summed E-state index contributed by atoms with van der Waals surface area (Å²) in [5.41, 5.74) is 0.969. The van der Waals surface area contributed by atoms with Crippen LogP contribution >= 0.6 is 0 Å². The van der Waals surface area contributed by atoms with E-state index in [9.17, 15) is 0 Å². The lowest BCUT2D eigenvalue weighted by molar-refractivity contribution is -0.107. The molecular weight excluding hydrogens is 232 g/mol. The van der Waals surface area contributed by atoms with Gasteiger partial charge >= 0.3 is 0 Å². The fourth-order valence-corrected chi connectivity index (χ4v) is 2.03. The molecule has 1 unspecified atom stereocenters. The van der Waals surface area contributed by atoms with Gasteiger partial charge in [0.05, 0.1) is 6.61 Å². The van der Waals surface area contributed by atoms with Crippen LogP contribution in [0.15, 0.2) is 24.3 Å². The van der Waals surface area contributed by atoms with Gasteiger partial charge in [0.15, 0.2) is 12.6 Å². The SMILES string of the molecule is COC(OC)c1ccc(OC2CCCCO2)cc1. The third-order valence-corrected chi connectivity index (χ3v) is 2.99. The van der Waals surface area contributed by atoms with Crippen molar-refractivity contribution in [1.82, 2.24) is 0 Å². The highest BCUT2D eigenvalue weighted by Gasteiger charge is 2.15. The monoisotopic (exact) mass is 252 g/mol. The summed E-state index contributed by atoms with van der Waals surface area (Å²) in [7, 11) is 3.24. The molecule has 1 aromatic carbocycles.